The topological polar surface area (TPSA) is 27.0 Å². The van der Waals surface area contributed by atoms with Crippen LogP contribution < -0.4 is 4.90 Å². The Morgan fingerprint density at radius 2 is 1.78 bits per heavy atom. The van der Waals surface area contributed by atoms with Gasteiger partial charge in [0.2, 0.25) is 0 Å². The first kappa shape index (κ1) is 12.7. The lowest BCUT2D eigenvalue weighted by Crippen LogP contribution is -2.09. The van der Waals surface area contributed by atoms with E-state index >= 15 is 0 Å². The number of benzene rings is 2. The molecular weight excluding hydrogens is 288 g/mol. The quantitative estimate of drug-likeness (QED) is 0.822. The fraction of sp³-hybridized carbons (Fsp3) is 0.133. The predicted octanol–water partition coefficient (Wildman–Crippen LogP) is 4.40. The van der Waals surface area contributed by atoms with Crippen LogP contribution in [0.3, 0.4) is 0 Å². The number of anilines is 2. The molecule has 2 aromatic carbocycles. The summed E-state index contributed by atoms with van der Waals surface area (Å²) in [5, 5.41) is 8.85. The van der Waals surface area contributed by atoms with E-state index in [1.54, 1.807) is 0 Å². The van der Waals surface area contributed by atoms with E-state index in [0.717, 1.165) is 15.8 Å². The normalized spacial score (nSPS) is 9.89. The average Bonchev–Trinajstić information content (AvgIpc) is 2.38. The molecule has 0 aliphatic heterocycles. The Morgan fingerprint density at radius 3 is 2.33 bits per heavy atom. The highest BCUT2D eigenvalue weighted by Gasteiger charge is 2.08. The van der Waals surface area contributed by atoms with E-state index < -0.39 is 0 Å². The van der Waals surface area contributed by atoms with E-state index in [1.165, 1.54) is 5.56 Å². The van der Waals surface area contributed by atoms with Gasteiger partial charge < -0.3 is 4.90 Å². The van der Waals surface area contributed by atoms with Crippen LogP contribution in [-0.4, -0.2) is 7.05 Å². The largest absolute Gasteiger partial charge is 0.344 e. The first-order valence-electron chi connectivity index (χ1n) is 5.62. The molecule has 0 saturated carbocycles. The van der Waals surface area contributed by atoms with Crippen LogP contribution in [0.4, 0.5) is 11.4 Å². The molecule has 0 radical (unpaired) electrons. The van der Waals surface area contributed by atoms with Crippen LogP contribution in [0.25, 0.3) is 0 Å². The van der Waals surface area contributed by atoms with Gasteiger partial charge in [0.1, 0.15) is 0 Å². The summed E-state index contributed by atoms with van der Waals surface area (Å²) in [6.07, 6.45) is 0. The Kier molecular flexibility index (Phi) is 3.69. The molecule has 0 aliphatic rings. The van der Waals surface area contributed by atoms with Crippen molar-refractivity contribution in [2.45, 2.75) is 6.92 Å². The van der Waals surface area contributed by atoms with E-state index in [2.05, 4.69) is 58.1 Å². The molecule has 0 atom stereocenters. The van der Waals surface area contributed by atoms with Gasteiger partial charge in [-0.15, -0.1) is 0 Å². The summed E-state index contributed by atoms with van der Waals surface area (Å²) in [4.78, 5) is 2.09. The van der Waals surface area contributed by atoms with Crippen molar-refractivity contribution in [1.29, 1.82) is 5.26 Å². The van der Waals surface area contributed by atoms with Crippen molar-refractivity contribution in [2.24, 2.45) is 0 Å². The van der Waals surface area contributed by atoms with Gasteiger partial charge in [-0.3, -0.25) is 0 Å². The molecule has 18 heavy (non-hydrogen) atoms. The fourth-order valence-corrected chi connectivity index (χ4v) is 2.40. The minimum absolute atomic E-state index is 0.655. The van der Waals surface area contributed by atoms with E-state index in [1.807, 2.05) is 25.2 Å². The lowest BCUT2D eigenvalue weighted by molar-refractivity contribution is 1.19. The summed E-state index contributed by atoms with van der Waals surface area (Å²) in [6.45, 7) is 2.07. The summed E-state index contributed by atoms with van der Waals surface area (Å²) >= 11 is 3.51. The summed E-state index contributed by atoms with van der Waals surface area (Å²) in [6, 6.07) is 16.1. The highest BCUT2D eigenvalue weighted by Crippen LogP contribution is 2.31. The number of hydrogen-bond acceptors (Lipinski definition) is 2. The highest BCUT2D eigenvalue weighted by atomic mass is 79.9. The maximum atomic E-state index is 8.85. The molecule has 0 amide bonds. The van der Waals surface area contributed by atoms with Crippen molar-refractivity contribution in [3.05, 3.63) is 58.1 Å². The number of halogens is 1. The molecular formula is C15H13BrN2. The van der Waals surface area contributed by atoms with Crippen LogP contribution >= 0.6 is 15.9 Å². The molecule has 0 fully saturated rings. The molecule has 0 bridgehead atoms. The predicted molar refractivity (Wildman–Crippen MR) is 78.1 cm³/mol. The SMILES string of the molecule is Cc1ccc(N(C)c2ccc(C#N)cc2Br)cc1. The maximum Gasteiger partial charge on any atom is 0.0992 e. The molecule has 2 nitrogen and oxygen atoms in total. The van der Waals surface area contributed by atoms with Gasteiger partial charge in [0.25, 0.3) is 0 Å². The van der Waals surface area contributed by atoms with Crippen LogP contribution in [-0.2, 0) is 0 Å². The number of aryl methyl sites for hydroxylation is 1. The van der Waals surface area contributed by atoms with Crippen molar-refractivity contribution >= 4 is 27.3 Å². The highest BCUT2D eigenvalue weighted by molar-refractivity contribution is 9.10. The minimum atomic E-state index is 0.655. The smallest absolute Gasteiger partial charge is 0.0992 e. The van der Waals surface area contributed by atoms with E-state index in [0.29, 0.717) is 5.56 Å². The monoisotopic (exact) mass is 300 g/mol. The Labute approximate surface area is 116 Å². The zero-order chi connectivity index (χ0) is 13.1. The van der Waals surface area contributed by atoms with Crippen LogP contribution in [0, 0.1) is 18.3 Å². The number of nitrogens with zero attached hydrogens (tertiary/aromatic N) is 2. The number of rotatable bonds is 2. The zero-order valence-corrected chi connectivity index (χ0v) is 11.9. The summed E-state index contributed by atoms with van der Waals surface area (Å²) in [5.74, 6) is 0. The Morgan fingerprint density at radius 1 is 1.11 bits per heavy atom. The lowest BCUT2D eigenvalue weighted by Gasteiger charge is -2.21. The Bertz CT molecular complexity index is 597. The standard InChI is InChI=1S/C15H13BrN2/c1-11-3-6-13(7-4-11)18(2)15-8-5-12(10-17)9-14(15)16/h3-9H,1-2H3. The molecule has 3 heteroatoms. The first-order valence-corrected chi connectivity index (χ1v) is 6.41. The zero-order valence-electron chi connectivity index (χ0n) is 10.3. The van der Waals surface area contributed by atoms with Gasteiger partial charge in [-0.05, 0) is 53.2 Å². The molecule has 0 spiro atoms. The summed E-state index contributed by atoms with van der Waals surface area (Å²) in [7, 11) is 2.01. The van der Waals surface area contributed by atoms with E-state index in [9.17, 15) is 0 Å². The van der Waals surface area contributed by atoms with Crippen LogP contribution in [0.15, 0.2) is 46.9 Å². The molecule has 0 heterocycles. The third-order valence-corrected chi connectivity index (χ3v) is 3.49. The molecule has 0 saturated heterocycles. The lowest BCUT2D eigenvalue weighted by atomic mass is 10.2. The molecule has 0 aromatic heterocycles. The minimum Gasteiger partial charge on any atom is -0.344 e. The van der Waals surface area contributed by atoms with Crippen molar-refractivity contribution in [1.82, 2.24) is 0 Å². The first-order chi connectivity index (χ1) is 8.61. The summed E-state index contributed by atoms with van der Waals surface area (Å²) in [5.41, 5.74) is 4.05. The maximum absolute atomic E-state index is 8.85. The van der Waals surface area contributed by atoms with Gasteiger partial charge in [0, 0.05) is 17.2 Å². The third kappa shape index (κ3) is 2.55. The van der Waals surface area contributed by atoms with E-state index in [4.69, 9.17) is 5.26 Å². The van der Waals surface area contributed by atoms with Crippen molar-refractivity contribution in [2.75, 3.05) is 11.9 Å². The van der Waals surface area contributed by atoms with Crippen LogP contribution in [0.5, 0.6) is 0 Å². The second kappa shape index (κ2) is 5.24. The van der Waals surface area contributed by atoms with Gasteiger partial charge in [-0.2, -0.15) is 5.26 Å². The van der Waals surface area contributed by atoms with Crippen molar-refractivity contribution < 1.29 is 0 Å². The molecule has 0 unspecified atom stereocenters. The fourth-order valence-electron chi connectivity index (χ4n) is 1.76. The molecule has 90 valence electrons. The van der Waals surface area contributed by atoms with E-state index in [-0.39, 0.29) is 0 Å². The van der Waals surface area contributed by atoms with Crippen LogP contribution in [0.1, 0.15) is 11.1 Å². The van der Waals surface area contributed by atoms with Gasteiger partial charge >= 0.3 is 0 Å². The molecule has 0 aliphatic carbocycles. The van der Waals surface area contributed by atoms with Crippen molar-refractivity contribution in [3.63, 3.8) is 0 Å². The number of hydrogen-bond donors (Lipinski definition) is 0. The molecule has 0 N–H and O–H groups in total. The summed E-state index contributed by atoms with van der Waals surface area (Å²) < 4.78 is 0.921. The Balaban J connectivity index is 2.37. The van der Waals surface area contributed by atoms with Gasteiger partial charge in [-0.25, -0.2) is 0 Å². The molecule has 2 aromatic rings. The average molecular weight is 301 g/mol. The van der Waals surface area contributed by atoms with Gasteiger partial charge in [0.05, 0.1) is 17.3 Å². The third-order valence-electron chi connectivity index (χ3n) is 2.86. The Hall–Kier alpha value is -1.79. The second-order valence-electron chi connectivity index (χ2n) is 4.17. The second-order valence-corrected chi connectivity index (χ2v) is 5.03. The van der Waals surface area contributed by atoms with Crippen molar-refractivity contribution in [3.8, 4) is 6.07 Å². The van der Waals surface area contributed by atoms with Crippen LogP contribution in [0.2, 0.25) is 0 Å². The number of nitriles is 1. The van der Waals surface area contributed by atoms with Gasteiger partial charge in [0.15, 0.2) is 0 Å². The molecule has 2 rings (SSSR count). The van der Waals surface area contributed by atoms with Gasteiger partial charge in [-0.1, -0.05) is 17.7 Å².